The summed E-state index contributed by atoms with van der Waals surface area (Å²) in [7, 11) is 0. The Bertz CT molecular complexity index is 378. The molecular weight excluding hydrogens is 252 g/mol. The third-order valence-electron chi connectivity index (χ3n) is 4.67. The van der Waals surface area contributed by atoms with E-state index in [0.717, 1.165) is 12.8 Å². The summed E-state index contributed by atoms with van der Waals surface area (Å²) in [6, 6.07) is -0.477. The fraction of sp³-hybridized carbons (Fsp3) is 0.875. The number of nitrogens with zero attached hydrogens (tertiary/aromatic N) is 1. The zero-order valence-electron chi connectivity index (χ0n) is 13.2. The van der Waals surface area contributed by atoms with Gasteiger partial charge in [0.05, 0.1) is 0 Å². The van der Waals surface area contributed by atoms with Gasteiger partial charge >= 0.3 is 0 Å². The van der Waals surface area contributed by atoms with E-state index in [-0.39, 0.29) is 29.3 Å². The van der Waals surface area contributed by atoms with Crippen molar-refractivity contribution >= 4 is 11.8 Å². The summed E-state index contributed by atoms with van der Waals surface area (Å²) in [6.07, 6.45) is 6.93. The summed E-state index contributed by atoms with van der Waals surface area (Å²) in [5.74, 6) is 0.102. The van der Waals surface area contributed by atoms with Crippen molar-refractivity contribution in [1.82, 2.24) is 10.2 Å². The number of nitrogens with one attached hydrogen (secondary N) is 1. The first kappa shape index (κ1) is 15.3. The molecule has 2 unspecified atom stereocenters. The molecule has 0 spiro atoms. The summed E-state index contributed by atoms with van der Waals surface area (Å²) in [4.78, 5) is 27.0. The molecule has 4 nitrogen and oxygen atoms in total. The summed E-state index contributed by atoms with van der Waals surface area (Å²) < 4.78 is 0. The Morgan fingerprint density at radius 2 is 1.60 bits per heavy atom. The highest BCUT2D eigenvalue weighted by molar-refractivity contribution is 5.97. The van der Waals surface area contributed by atoms with E-state index < -0.39 is 6.04 Å². The van der Waals surface area contributed by atoms with Crippen molar-refractivity contribution in [2.24, 2.45) is 5.41 Å². The molecule has 4 heteroatoms. The molecule has 0 aromatic carbocycles. The van der Waals surface area contributed by atoms with Crippen LogP contribution in [0.2, 0.25) is 0 Å². The fourth-order valence-electron chi connectivity index (χ4n) is 3.41. The van der Waals surface area contributed by atoms with Gasteiger partial charge in [0, 0.05) is 6.04 Å². The molecule has 1 aliphatic carbocycles. The predicted octanol–water partition coefficient (Wildman–Crippen LogP) is 2.47. The van der Waals surface area contributed by atoms with Crippen LogP contribution in [0.3, 0.4) is 0 Å². The van der Waals surface area contributed by atoms with Gasteiger partial charge in [-0.15, -0.1) is 0 Å². The number of rotatable bonds is 1. The van der Waals surface area contributed by atoms with Gasteiger partial charge in [-0.2, -0.15) is 0 Å². The van der Waals surface area contributed by atoms with Crippen LogP contribution in [0.25, 0.3) is 0 Å². The smallest absolute Gasteiger partial charge is 0.246 e. The number of piperazine rings is 1. The van der Waals surface area contributed by atoms with E-state index in [1.807, 2.05) is 32.6 Å². The molecule has 2 fully saturated rings. The van der Waals surface area contributed by atoms with Crippen molar-refractivity contribution in [2.75, 3.05) is 0 Å². The quantitative estimate of drug-likeness (QED) is 0.750. The Hall–Kier alpha value is -1.06. The van der Waals surface area contributed by atoms with Gasteiger partial charge in [-0.05, 0) is 25.2 Å². The first-order chi connectivity index (χ1) is 9.32. The Kier molecular flexibility index (Phi) is 4.40. The largest absolute Gasteiger partial charge is 0.342 e. The van der Waals surface area contributed by atoms with Crippen LogP contribution < -0.4 is 5.32 Å². The number of carbonyl (C=O) groups is 2. The van der Waals surface area contributed by atoms with E-state index in [1.54, 1.807) is 0 Å². The molecular formula is C16H28N2O2. The van der Waals surface area contributed by atoms with Crippen molar-refractivity contribution in [1.29, 1.82) is 0 Å². The molecule has 114 valence electrons. The molecule has 1 saturated heterocycles. The van der Waals surface area contributed by atoms with Crippen LogP contribution in [0.15, 0.2) is 0 Å². The molecule has 2 rings (SSSR count). The molecule has 0 radical (unpaired) electrons. The number of hydrogen-bond donors (Lipinski definition) is 1. The van der Waals surface area contributed by atoms with Crippen molar-refractivity contribution < 1.29 is 9.59 Å². The normalized spacial score (nSPS) is 30.1. The lowest BCUT2D eigenvalue weighted by molar-refractivity contribution is -0.154. The van der Waals surface area contributed by atoms with Gasteiger partial charge < -0.3 is 10.2 Å². The van der Waals surface area contributed by atoms with Gasteiger partial charge in [0.15, 0.2) is 0 Å². The zero-order chi connectivity index (χ0) is 14.9. The van der Waals surface area contributed by atoms with Crippen molar-refractivity contribution in [3.63, 3.8) is 0 Å². The number of amides is 2. The van der Waals surface area contributed by atoms with E-state index in [4.69, 9.17) is 0 Å². The van der Waals surface area contributed by atoms with Gasteiger partial charge in [0.1, 0.15) is 12.1 Å². The van der Waals surface area contributed by atoms with Crippen LogP contribution in [0.4, 0.5) is 0 Å². The fourth-order valence-corrected chi connectivity index (χ4v) is 3.41. The third-order valence-corrected chi connectivity index (χ3v) is 4.67. The van der Waals surface area contributed by atoms with Crippen LogP contribution in [0.1, 0.15) is 66.2 Å². The third kappa shape index (κ3) is 2.99. The molecule has 1 N–H and O–H groups in total. The maximum absolute atomic E-state index is 12.9. The minimum absolute atomic E-state index is 0.00577. The average molecular weight is 280 g/mol. The van der Waals surface area contributed by atoms with Crippen LogP contribution in [-0.2, 0) is 9.59 Å². The Morgan fingerprint density at radius 3 is 2.10 bits per heavy atom. The van der Waals surface area contributed by atoms with Crippen LogP contribution in [0.5, 0.6) is 0 Å². The molecule has 1 saturated carbocycles. The van der Waals surface area contributed by atoms with Gasteiger partial charge in [0.2, 0.25) is 11.8 Å². The molecule has 1 heterocycles. The average Bonchev–Trinajstić information content (AvgIpc) is 2.61. The minimum Gasteiger partial charge on any atom is -0.342 e. The van der Waals surface area contributed by atoms with E-state index >= 15 is 0 Å². The first-order valence-corrected chi connectivity index (χ1v) is 7.95. The molecule has 0 bridgehead atoms. The molecule has 0 aromatic rings. The maximum atomic E-state index is 12.9. The summed E-state index contributed by atoms with van der Waals surface area (Å²) in [6.45, 7) is 7.89. The molecule has 2 amide bonds. The second-order valence-electron chi connectivity index (χ2n) is 7.37. The van der Waals surface area contributed by atoms with Gasteiger partial charge in [0.25, 0.3) is 0 Å². The number of carbonyl (C=O) groups excluding carboxylic acids is 2. The van der Waals surface area contributed by atoms with Crippen molar-refractivity contribution in [3.8, 4) is 0 Å². The lowest BCUT2D eigenvalue weighted by atomic mass is 9.83. The SMILES string of the molecule is CC1C(=O)NC(C(C)(C)C)C(=O)N1C1CCCCCC1. The van der Waals surface area contributed by atoms with E-state index in [0.29, 0.717) is 0 Å². The standard InChI is InChI=1S/C16H28N2O2/c1-11-14(19)17-13(16(2,3)4)15(20)18(11)12-9-7-5-6-8-10-12/h11-13H,5-10H2,1-4H3,(H,17,19). The van der Waals surface area contributed by atoms with Crippen LogP contribution >= 0.6 is 0 Å². The highest BCUT2D eigenvalue weighted by Gasteiger charge is 2.45. The van der Waals surface area contributed by atoms with Gasteiger partial charge in [-0.25, -0.2) is 0 Å². The predicted molar refractivity (Wildman–Crippen MR) is 79.2 cm³/mol. The lowest BCUT2D eigenvalue weighted by Gasteiger charge is -2.45. The molecule has 1 aliphatic heterocycles. The second-order valence-corrected chi connectivity index (χ2v) is 7.37. The Labute approximate surface area is 122 Å². The second kappa shape index (κ2) is 5.74. The highest BCUT2D eigenvalue weighted by atomic mass is 16.2. The molecule has 0 aromatic heterocycles. The minimum atomic E-state index is -0.394. The summed E-state index contributed by atoms with van der Waals surface area (Å²) in [5, 5.41) is 2.91. The van der Waals surface area contributed by atoms with Crippen molar-refractivity contribution in [2.45, 2.75) is 84.3 Å². The zero-order valence-corrected chi connectivity index (χ0v) is 13.2. The van der Waals surface area contributed by atoms with Gasteiger partial charge in [-0.3, -0.25) is 9.59 Å². The van der Waals surface area contributed by atoms with E-state index in [9.17, 15) is 9.59 Å². The first-order valence-electron chi connectivity index (χ1n) is 7.95. The summed E-state index contributed by atoms with van der Waals surface area (Å²) in [5.41, 5.74) is -0.240. The molecule has 2 aliphatic rings. The van der Waals surface area contributed by atoms with E-state index in [2.05, 4.69) is 5.32 Å². The van der Waals surface area contributed by atoms with Crippen LogP contribution in [-0.4, -0.2) is 34.8 Å². The van der Waals surface area contributed by atoms with Gasteiger partial charge in [-0.1, -0.05) is 46.5 Å². The van der Waals surface area contributed by atoms with E-state index in [1.165, 1.54) is 25.7 Å². The Morgan fingerprint density at radius 1 is 1.05 bits per heavy atom. The summed E-state index contributed by atoms with van der Waals surface area (Å²) >= 11 is 0. The monoisotopic (exact) mass is 280 g/mol. The Balaban J connectivity index is 2.23. The topological polar surface area (TPSA) is 49.4 Å². The molecule has 2 atom stereocenters. The highest BCUT2D eigenvalue weighted by Crippen LogP contribution is 2.30. The number of hydrogen-bond acceptors (Lipinski definition) is 2. The maximum Gasteiger partial charge on any atom is 0.246 e. The van der Waals surface area contributed by atoms with Crippen LogP contribution in [0, 0.1) is 5.41 Å². The molecule has 20 heavy (non-hydrogen) atoms. The lowest BCUT2D eigenvalue weighted by Crippen LogP contribution is -2.67. The van der Waals surface area contributed by atoms with Crippen molar-refractivity contribution in [3.05, 3.63) is 0 Å².